The van der Waals surface area contributed by atoms with Gasteiger partial charge in [-0.15, -0.1) is 0 Å². The fourth-order valence-electron chi connectivity index (χ4n) is 1.77. The zero-order valence-electron chi connectivity index (χ0n) is 11.2. The van der Waals surface area contributed by atoms with E-state index in [4.69, 9.17) is 10.5 Å². The molecular weight excluding hydrogens is 245 g/mol. The summed E-state index contributed by atoms with van der Waals surface area (Å²) in [5.74, 6) is -0.0931. The molecule has 19 heavy (non-hydrogen) atoms. The predicted molar refractivity (Wildman–Crippen MR) is 71.8 cm³/mol. The lowest BCUT2D eigenvalue weighted by atomic mass is 10.1. The van der Waals surface area contributed by atoms with E-state index >= 15 is 0 Å². The molecule has 0 atom stereocenters. The van der Waals surface area contributed by atoms with Crippen LogP contribution >= 0.6 is 0 Å². The highest BCUT2D eigenvalue weighted by Crippen LogP contribution is 2.29. The summed E-state index contributed by atoms with van der Waals surface area (Å²) < 4.78 is 19.5. The summed E-state index contributed by atoms with van der Waals surface area (Å²) >= 11 is 0. The Kier molecular flexibility index (Phi) is 3.64. The van der Waals surface area contributed by atoms with E-state index in [1.54, 1.807) is 6.07 Å². The van der Waals surface area contributed by atoms with Gasteiger partial charge in [0.15, 0.2) is 0 Å². The lowest BCUT2D eigenvalue weighted by Crippen LogP contribution is -2.01. The molecule has 4 nitrogen and oxygen atoms in total. The van der Waals surface area contributed by atoms with Gasteiger partial charge in [-0.1, -0.05) is 13.0 Å². The van der Waals surface area contributed by atoms with Gasteiger partial charge >= 0.3 is 0 Å². The van der Waals surface area contributed by atoms with Crippen LogP contribution in [0.5, 0.6) is 11.6 Å². The molecule has 0 radical (unpaired) electrons. The topological polar surface area (TPSA) is 61.0 Å². The first-order valence-electron chi connectivity index (χ1n) is 6.06. The zero-order chi connectivity index (χ0) is 14.0. The Labute approximate surface area is 111 Å². The highest BCUT2D eigenvalue weighted by Gasteiger charge is 2.13. The van der Waals surface area contributed by atoms with E-state index in [9.17, 15) is 4.39 Å². The van der Waals surface area contributed by atoms with Crippen molar-refractivity contribution in [2.45, 2.75) is 27.2 Å². The SMILES string of the molecule is CCc1ncnc(Oc2cc(N)c(C)cc2C)c1F. The molecule has 2 N–H and O–H groups in total. The van der Waals surface area contributed by atoms with Crippen molar-refractivity contribution in [3.63, 3.8) is 0 Å². The molecule has 0 aliphatic heterocycles. The minimum Gasteiger partial charge on any atom is -0.436 e. The summed E-state index contributed by atoms with van der Waals surface area (Å²) in [4.78, 5) is 7.69. The van der Waals surface area contributed by atoms with Crippen LogP contribution in [0.3, 0.4) is 0 Å². The molecule has 0 unspecified atom stereocenters. The molecule has 0 spiro atoms. The Bertz CT molecular complexity index is 614. The van der Waals surface area contributed by atoms with E-state index in [1.807, 2.05) is 26.8 Å². The molecule has 0 saturated heterocycles. The number of hydrogen-bond donors (Lipinski definition) is 1. The molecule has 1 aromatic heterocycles. The van der Waals surface area contributed by atoms with Gasteiger partial charge in [-0.2, -0.15) is 9.37 Å². The van der Waals surface area contributed by atoms with E-state index in [1.165, 1.54) is 6.33 Å². The number of aryl methyl sites for hydroxylation is 3. The van der Waals surface area contributed by atoms with E-state index in [-0.39, 0.29) is 5.88 Å². The maximum absolute atomic E-state index is 14.0. The monoisotopic (exact) mass is 261 g/mol. The summed E-state index contributed by atoms with van der Waals surface area (Å²) in [6.45, 7) is 5.61. The Morgan fingerprint density at radius 2 is 1.95 bits per heavy atom. The molecule has 0 saturated carbocycles. The van der Waals surface area contributed by atoms with E-state index in [2.05, 4.69) is 9.97 Å². The van der Waals surface area contributed by atoms with E-state index < -0.39 is 5.82 Å². The number of nitrogens with two attached hydrogens (primary N) is 1. The number of benzene rings is 1. The van der Waals surface area contributed by atoms with Gasteiger partial charge in [0, 0.05) is 11.8 Å². The van der Waals surface area contributed by atoms with Crippen LogP contribution in [0.25, 0.3) is 0 Å². The molecule has 0 bridgehead atoms. The Morgan fingerprint density at radius 1 is 1.21 bits per heavy atom. The first-order valence-corrected chi connectivity index (χ1v) is 6.06. The molecule has 100 valence electrons. The third-order valence-corrected chi connectivity index (χ3v) is 2.93. The largest absolute Gasteiger partial charge is 0.436 e. The predicted octanol–water partition coefficient (Wildman–Crippen LogP) is 3.17. The first-order chi connectivity index (χ1) is 9.02. The van der Waals surface area contributed by atoms with Crippen molar-refractivity contribution in [1.82, 2.24) is 9.97 Å². The highest BCUT2D eigenvalue weighted by molar-refractivity contribution is 5.54. The van der Waals surface area contributed by atoms with Gasteiger partial charge < -0.3 is 10.5 Å². The second kappa shape index (κ2) is 5.22. The second-order valence-electron chi connectivity index (χ2n) is 4.37. The van der Waals surface area contributed by atoms with Crippen LogP contribution in [0, 0.1) is 19.7 Å². The molecule has 0 aliphatic carbocycles. The lowest BCUT2D eigenvalue weighted by Gasteiger charge is -2.11. The van der Waals surface area contributed by atoms with Gasteiger partial charge in [-0.05, 0) is 31.4 Å². The number of nitrogen functional groups attached to an aromatic ring is 1. The Morgan fingerprint density at radius 3 is 2.63 bits per heavy atom. The average Bonchev–Trinajstić information content (AvgIpc) is 2.38. The van der Waals surface area contributed by atoms with Gasteiger partial charge in [-0.25, -0.2) is 4.98 Å². The third-order valence-electron chi connectivity index (χ3n) is 2.93. The average molecular weight is 261 g/mol. The maximum atomic E-state index is 14.0. The van der Waals surface area contributed by atoms with Crippen LogP contribution in [-0.4, -0.2) is 9.97 Å². The molecule has 1 heterocycles. The number of halogens is 1. The molecular formula is C14H16FN3O. The van der Waals surface area contributed by atoms with Gasteiger partial charge in [0.05, 0.1) is 5.69 Å². The van der Waals surface area contributed by atoms with Crippen molar-refractivity contribution in [3.8, 4) is 11.6 Å². The van der Waals surface area contributed by atoms with Gasteiger partial charge in [0.1, 0.15) is 12.1 Å². The summed E-state index contributed by atoms with van der Waals surface area (Å²) in [5.41, 5.74) is 8.61. The normalized spacial score (nSPS) is 10.5. The molecule has 0 amide bonds. The maximum Gasteiger partial charge on any atom is 0.259 e. The van der Waals surface area contributed by atoms with Crippen LogP contribution in [0.4, 0.5) is 10.1 Å². The summed E-state index contributed by atoms with van der Waals surface area (Å²) in [7, 11) is 0. The highest BCUT2D eigenvalue weighted by atomic mass is 19.1. The van der Waals surface area contributed by atoms with Crippen molar-refractivity contribution < 1.29 is 9.13 Å². The standard InChI is InChI=1S/C14H16FN3O/c1-4-11-13(15)14(18-7-17-11)19-12-6-10(16)8(2)5-9(12)3/h5-7H,4,16H2,1-3H3. The van der Waals surface area contributed by atoms with Crippen molar-refractivity contribution in [3.05, 3.63) is 41.1 Å². The molecule has 0 fully saturated rings. The van der Waals surface area contributed by atoms with Crippen molar-refractivity contribution >= 4 is 5.69 Å². The smallest absolute Gasteiger partial charge is 0.259 e. The van der Waals surface area contributed by atoms with E-state index in [0.29, 0.717) is 23.6 Å². The third kappa shape index (κ3) is 2.65. The molecule has 0 aliphatic rings. The molecule has 2 aromatic rings. The minimum absolute atomic E-state index is 0.0711. The molecule has 2 rings (SSSR count). The summed E-state index contributed by atoms with van der Waals surface area (Å²) in [6.07, 6.45) is 1.78. The number of hydrogen-bond acceptors (Lipinski definition) is 4. The van der Waals surface area contributed by atoms with Gasteiger partial charge in [0.25, 0.3) is 5.88 Å². The Hall–Kier alpha value is -2.17. The van der Waals surface area contributed by atoms with E-state index in [0.717, 1.165) is 11.1 Å². The number of anilines is 1. The number of nitrogens with zero attached hydrogens (tertiary/aromatic N) is 2. The van der Waals surface area contributed by atoms with Crippen LogP contribution in [-0.2, 0) is 6.42 Å². The van der Waals surface area contributed by atoms with Crippen LogP contribution < -0.4 is 10.5 Å². The summed E-state index contributed by atoms with van der Waals surface area (Å²) in [5, 5.41) is 0. The zero-order valence-corrected chi connectivity index (χ0v) is 11.2. The summed E-state index contributed by atoms with van der Waals surface area (Å²) in [6, 6.07) is 3.57. The number of ether oxygens (including phenoxy) is 1. The lowest BCUT2D eigenvalue weighted by molar-refractivity contribution is 0.413. The van der Waals surface area contributed by atoms with Gasteiger partial charge in [-0.3, -0.25) is 0 Å². The van der Waals surface area contributed by atoms with Crippen LogP contribution in [0.2, 0.25) is 0 Å². The second-order valence-corrected chi connectivity index (χ2v) is 4.37. The quantitative estimate of drug-likeness (QED) is 0.862. The Balaban J connectivity index is 2.39. The van der Waals surface area contributed by atoms with Crippen molar-refractivity contribution in [2.24, 2.45) is 0 Å². The van der Waals surface area contributed by atoms with Crippen molar-refractivity contribution in [2.75, 3.05) is 5.73 Å². The van der Waals surface area contributed by atoms with Crippen molar-refractivity contribution in [1.29, 1.82) is 0 Å². The number of aromatic nitrogens is 2. The fraction of sp³-hybridized carbons (Fsp3) is 0.286. The first kappa shape index (κ1) is 13.3. The van der Waals surface area contributed by atoms with Crippen LogP contribution in [0.1, 0.15) is 23.7 Å². The fourth-order valence-corrected chi connectivity index (χ4v) is 1.77. The molecule has 1 aromatic carbocycles. The number of rotatable bonds is 3. The van der Waals surface area contributed by atoms with Crippen LogP contribution in [0.15, 0.2) is 18.5 Å². The minimum atomic E-state index is -0.524. The van der Waals surface area contributed by atoms with Gasteiger partial charge in [0.2, 0.25) is 5.82 Å². The molecule has 5 heteroatoms.